The van der Waals surface area contributed by atoms with Crippen molar-refractivity contribution < 1.29 is 10.0 Å². The number of aryl methyl sites for hydroxylation is 3. The molecule has 10 heteroatoms. The third kappa shape index (κ3) is 9.66. The molecule has 0 spiro atoms. The van der Waals surface area contributed by atoms with E-state index in [1.165, 1.54) is 71.1 Å². The Labute approximate surface area is 463 Å². The van der Waals surface area contributed by atoms with Gasteiger partial charge in [0.1, 0.15) is 0 Å². The van der Waals surface area contributed by atoms with Crippen LogP contribution >= 0.6 is 31.9 Å². The highest BCUT2D eigenvalue weighted by atomic mass is 79.9. The van der Waals surface area contributed by atoms with E-state index in [0.717, 1.165) is 59.3 Å². The zero-order chi connectivity index (χ0) is 52.7. The smallest absolute Gasteiger partial charge is 0.423 e. The minimum atomic E-state index is -1.47. The maximum Gasteiger partial charge on any atom is 0.488 e. The second-order valence-corrected chi connectivity index (χ2v) is 21.3. The molecule has 0 fully saturated rings. The van der Waals surface area contributed by atoms with Crippen molar-refractivity contribution in [3.05, 3.63) is 263 Å². The van der Waals surface area contributed by atoms with Crippen molar-refractivity contribution in [2.24, 2.45) is 0 Å². The number of fused-ring (bicyclic) bond motifs is 9. The second kappa shape index (κ2) is 21.0. The molecule has 5 aromatic heterocycles. The van der Waals surface area contributed by atoms with Crippen LogP contribution in [0.25, 0.3) is 105 Å². The minimum absolute atomic E-state index is 0.487. The van der Waals surface area contributed by atoms with Crippen LogP contribution in [0.1, 0.15) is 16.7 Å². The lowest BCUT2D eigenvalue weighted by Gasteiger charge is -2.12. The first-order valence-electron chi connectivity index (χ1n) is 25.4. The number of hydrogen-bond acceptors (Lipinski definition) is 4. The van der Waals surface area contributed by atoms with E-state index in [9.17, 15) is 10.0 Å². The number of pyridine rings is 2. The Kier molecular flexibility index (Phi) is 13.5. The van der Waals surface area contributed by atoms with Gasteiger partial charge in [-0.2, -0.15) is 0 Å². The molecule has 0 aliphatic rings. The first-order chi connectivity index (χ1) is 37.6. The summed E-state index contributed by atoms with van der Waals surface area (Å²) in [5, 5.41) is 26.4. The van der Waals surface area contributed by atoms with E-state index in [1.807, 2.05) is 48.8 Å². The molecule has 14 aromatic rings. The van der Waals surface area contributed by atoms with Gasteiger partial charge in [0.2, 0.25) is 0 Å². The Bertz CT molecular complexity index is 4340. The van der Waals surface area contributed by atoms with Crippen molar-refractivity contribution in [2.75, 3.05) is 0 Å². The molecule has 5 heterocycles. The fourth-order valence-electron chi connectivity index (χ4n) is 10.7. The Morgan fingerprint density at radius 3 is 1.08 bits per heavy atom. The molecule has 0 unspecified atom stereocenters. The highest BCUT2D eigenvalue weighted by Crippen LogP contribution is 2.37. The minimum Gasteiger partial charge on any atom is -0.423 e. The number of nitrogens with zero attached hydrogens (tertiary/aromatic N) is 5. The summed E-state index contributed by atoms with van der Waals surface area (Å²) in [7, 11) is -1.47. The fourth-order valence-corrected chi connectivity index (χ4v) is 11.7. The van der Waals surface area contributed by atoms with Crippen LogP contribution in [-0.2, 0) is 0 Å². The largest absolute Gasteiger partial charge is 0.488 e. The van der Waals surface area contributed by atoms with Crippen molar-refractivity contribution in [1.82, 2.24) is 23.7 Å². The molecule has 14 rings (SSSR count). The van der Waals surface area contributed by atoms with E-state index in [1.54, 1.807) is 18.5 Å². The van der Waals surface area contributed by atoms with Gasteiger partial charge in [-0.25, -0.2) is 0 Å². The predicted octanol–water partition coefficient (Wildman–Crippen LogP) is 16.6. The fraction of sp³-hybridized carbons (Fsp3) is 0.0448. The topological polar surface area (TPSA) is 81.0 Å². The molecule has 0 bridgehead atoms. The molecular formula is C67H50BBr2N5O2. The average Bonchev–Trinajstić information content (AvgIpc) is 4.16. The van der Waals surface area contributed by atoms with Gasteiger partial charge < -0.3 is 23.7 Å². The van der Waals surface area contributed by atoms with Crippen molar-refractivity contribution >= 4 is 110 Å². The molecule has 0 saturated carbocycles. The van der Waals surface area contributed by atoms with Gasteiger partial charge in [0, 0.05) is 94.2 Å². The maximum atomic E-state index is 9.46. The zero-order valence-electron chi connectivity index (χ0n) is 42.5. The van der Waals surface area contributed by atoms with Crippen LogP contribution in [0.4, 0.5) is 0 Å². The number of benzene rings is 9. The van der Waals surface area contributed by atoms with Crippen LogP contribution in [0.2, 0.25) is 0 Å². The van der Waals surface area contributed by atoms with Gasteiger partial charge in [0.15, 0.2) is 0 Å². The molecule has 0 amide bonds. The van der Waals surface area contributed by atoms with E-state index in [-0.39, 0.29) is 0 Å². The third-order valence-electron chi connectivity index (χ3n) is 14.2. The normalized spacial score (nSPS) is 11.3. The monoisotopic (exact) mass is 1130 g/mol. The van der Waals surface area contributed by atoms with Gasteiger partial charge in [0.05, 0.1) is 33.1 Å². The molecule has 0 aliphatic heterocycles. The summed E-state index contributed by atoms with van der Waals surface area (Å²) in [4.78, 5) is 8.62. The van der Waals surface area contributed by atoms with E-state index in [2.05, 4.69) is 241 Å². The number of hydrogen-bond donors (Lipinski definition) is 2. The molecule has 372 valence electrons. The van der Waals surface area contributed by atoms with Crippen molar-refractivity contribution in [3.63, 3.8) is 0 Å². The molecule has 0 radical (unpaired) electrons. The van der Waals surface area contributed by atoms with Crippen LogP contribution in [0.15, 0.2) is 246 Å². The van der Waals surface area contributed by atoms with Gasteiger partial charge in [-0.3, -0.25) is 9.97 Å². The lowest BCUT2D eigenvalue weighted by molar-refractivity contribution is 0.425. The highest BCUT2D eigenvalue weighted by molar-refractivity contribution is 9.11. The Morgan fingerprint density at radius 1 is 0.325 bits per heavy atom. The standard InChI is InChI=1S/C43H31N3.C19H16BNO2.C5H3Br2N/c1-28-17-19-38-36-13-3-5-15-40(36)45(42(38)21-28)34-11-7-9-30(24-34)32-23-33(27-44-26-32)31-10-8-12-35(25-31)46-41-16-6-4-14-37(41)39-20-18-29(2)22-43(39)46;1-13-9-10-17-16-7-2-3-8-18(16)21(19(17)11-13)15-6-4-5-14(12-15)20(22)23;6-4-1-5(7)3-8-2-4/h3-27H,1-2H3;2-12,22-23H,1H3;1-3H. The predicted molar refractivity (Wildman–Crippen MR) is 328 cm³/mol. The van der Waals surface area contributed by atoms with Crippen LogP contribution in [0.5, 0.6) is 0 Å². The van der Waals surface area contributed by atoms with E-state index in [4.69, 9.17) is 4.98 Å². The van der Waals surface area contributed by atoms with E-state index >= 15 is 0 Å². The lowest BCUT2D eigenvalue weighted by Crippen LogP contribution is -2.29. The molecule has 9 aromatic carbocycles. The first-order valence-corrected chi connectivity index (χ1v) is 27.0. The zero-order valence-corrected chi connectivity index (χ0v) is 45.7. The Morgan fingerprint density at radius 2 is 0.688 bits per heavy atom. The number of aromatic nitrogens is 5. The molecular weight excluding hydrogens is 1080 g/mol. The summed E-state index contributed by atoms with van der Waals surface area (Å²) in [6, 6.07) is 74.7. The van der Waals surface area contributed by atoms with Gasteiger partial charge in [-0.15, -0.1) is 0 Å². The first kappa shape index (κ1) is 49.5. The van der Waals surface area contributed by atoms with Crippen molar-refractivity contribution in [1.29, 1.82) is 0 Å². The average molecular weight is 1130 g/mol. The number of rotatable bonds is 6. The number of halogens is 2. The van der Waals surface area contributed by atoms with E-state index in [0.29, 0.717) is 5.46 Å². The van der Waals surface area contributed by atoms with Crippen LogP contribution < -0.4 is 5.46 Å². The summed E-state index contributed by atoms with van der Waals surface area (Å²) < 4.78 is 8.92. The quantitative estimate of drug-likeness (QED) is 0.163. The second-order valence-electron chi connectivity index (χ2n) is 19.5. The SMILES string of the molecule is Brc1cncc(Br)c1.Cc1ccc2c3ccccc3n(-c3cccc(-c4cncc(-c5cccc(-n6c7ccccc7c7ccc(C)cc76)c5)c4)c3)c2c1.Cc1ccc2c3ccccc3n(-c3cccc(B(O)O)c3)c2c1. The third-order valence-corrected chi connectivity index (χ3v) is 15.1. The molecule has 0 saturated heterocycles. The maximum absolute atomic E-state index is 9.46. The summed E-state index contributed by atoms with van der Waals surface area (Å²) >= 11 is 6.54. The molecule has 0 atom stereocenters. The Balaban J connectivity index is 0.000000158. The summed E-state index contributed by atoms with van der Waals surface area (Å²) in [5.41, 5.74) is 19.0. The van der Waals surface area contributed by atoms with Gasteiger partial charge in [0.25, 0.3) is 0 Å². The highest BCUT2D eigenvalue weighted by Gasteiger charge is 2.18. The molecule has 7 nitrogen and oxygen atoms in total. The van der Waals surface area contributed by atoms with Crippen molar-refractivity contribution in [3.8, 4) is 39.3 Å². The van der Waals surface area contributed by atoms with E-state index < -0.39 is 7.12 Å². The summed E-state index contributed by atoms with van der Waals surface area (Å²) in [6.07, 6.45) is 7.42. The molecule has 2 N–H and O–H groups in total. The lowest BCUT2D eigenvalue weighted by atomic mass is 9.80. The van der Waals surface area contributed by atoms with Gasteiger partial charge in [-0.05, 0) is 171 Å². The van der Waals surface area contributed by atoms with Gasteiger partial charge in [-0.1, -0.05) is 127 Å². The van der Waals surface area contributed by atoms with Gasteiger partial charge >= 0.3 is 7.12 Å². The van der Waals surface area contributed by atoms with Crippen LogP contribution in [-0.4, -0.2) is 40.8 Å². The number of para-hydroxylation sites is 3. The summed E-state index contributed by atoms with van der Waals surface area (Å²) in [5.74, 6) is 0. The Hall–Kier alpha value is -8.38. The van der Waals surface area contributed by atoms with Crippen LogP contribution in [0.3, 0.4) is 0 Å². The summed E-state index contributed by atoms with van der Waals surface area (Å²) in [6.45, 7) is 6.40. The molecule has 0 aliphatic carbocycles. The molecule has 77 heavy (non-hydrogen) atoms. The van der Waals surface area contributed by atoms with Crippen molar-refractivity contribution in [2.45, 2.75) is 20.8 Å². The van der Waals surface area contributed by atoms with Crippen LogP contribution in [0, 0.1) is 20.8 Å².